The molecular formula is C12H19NO2S. The van der Waals surface area contributed by atoms with E-state index in [1.165, 1.54) is 5.56 Å². The van der Waals surface area contributed by atoms with Crippen molar-refractivity contribution in [2.75, 3.05) is 26.5 Å². The van der Waals surface area contributed by atoms with Gasteiger partial charge in [-0.3, -0.25) is 0 Å². The van der Waals surface area contributed by atoms with Crippen LogP contribution >= 0.6 is 11.8 Å². The molecule has 1 aromatic rings. The maximum atomic E-state index is 5.58. The molecule has 0 aliphatic rings. The van der Waals surface area contributed by atoms with Crippen molar-refractivity contribution < 1.29 is 9.47 Å². The molecule has 0 saturated carbocycles. The van der Waals surface area contributed by atoms with Crippen molar-refractivity contribution in [3.63, 3.8) is 0 Å². The first-order chi connectivity index (χ1) is 7.76. The summed E-state index contributed by atoms with van der Waals surface area (Å²) in [6.45, 7) is 3.25. The van der Waals surface area contributed by atoms with E-state index in [2.05, 4.69) is 6.07 Å². The summed E-state index contributed by atoms with van der Waals surface area (Å²) in [5, 5.41) is 0. The molecule has 0 unspecified atom stereocenters. The van der Waals surface area contributed by atoms with Crippen LogP contribution in [-0.2, 0) is 6.42 Å². The normalized spacial score (nSPS) is 10.2. The fourth-order valence-corrected chi connectivity index (χ4v) is 2.20. The third-order valence-corrected chi connectivity index (χ3v) is 2.98. The van der Waals surface area contributed by atoms with Gasteiger partial charge in [0.05, 0.1) is 18.6 Å². The van der Waals surface area contributed by atoms with Crippen LogP contribution in [-0.4, -0.2) is 26.5 Å². The van der Waals surface area contributed by atoms with Crippen LogP contribution in [0.3, 0.4) is 0 Å². The van der Waals surface area contributed by atoms with Crippen molar-refractivity contribution in [3.05, 3.63) is 17.7 Å². The summed E-state index contributed by atoms with van der Waals surface area (Å²) in [6.07, 6.45) is 2.89. The van der Waals surface area contributed by atoms with Crippen LogP contribution in [0.2, 0.25) is 0 Å². The monoisotopic (exact) mass is 241 g/mol. The van der Waals surface area contributed by atoms with E-state index in [0.717, 1.165) is 22.8 Å². The van der Waals surface area contributed by atoms with Crippen LogP contribution in [0.4, 0.5) is 0 Å². The quantitative estimate of drug-likeness (QED) is 0.776. The largest absolute Gasteiger partial charge is 0.492 e. The van der Waals surface area contributed by atoms with Gasteiger partial charge in [0.2, 0.25) is 0 Å². The summed E-state index contributed by atoms with van der Waals surface area (Å²) in [6, 6.07) is 4.12. The highest BCUT2D eigenvalue weighted by molar-refractivity contribution is 7.98. The molecule has 0 aromatic heterocycles. The molecule has 0 aliphatic heterocycles. The van der Waals surface area contributed by atoms with E-state index in [0.29, 0.717) is 13.2 Å². The van der Waals surface area contributed by atoms with Gasteiger partial charge in [0.1, 0.15) is 0 Å². The molecule has 0 atom stereocenters. The van der Waals surface area contributed by atoms with Gasteiger partial charge in [-0.25, -0.2) is 0 Å². The van der Waals surface area contributed by atoms with E-state index < -0.39 is 0 Å². The fourth-order valence-electron chi connectivity index (χ4n) is 1.56. The summed E-state index contributed by atoms with van der Waals surface area (Å²) < 4.78 is 11.0. The number of methoxy groups -OCH3 is 1. The minimum Gasteiger partial charge on any atom is -0.492 e. The first-order valence-electron chi connectivity index (χ1n) is 5.34. The standard InChI is InChI=1S/C12H19NO2S/c1-4-15-10-7-9(5-6-13)8-11(16-3)12(10)14-2/h7-8H,4-6,13H2,1-3H3. The van der Waals surface area contributed by atoms with Crippen molar-refractivity contribution in [3.8, 4) is 11.5 Å². The molecule has 3 nitrogen and oxygen atoms in total. The van der Waals surface area contributed by atoms with Gasteiger partial charge in [0.15, 0.2) is 11.5 Å². The molecular weight excluding hydrogens is 222 g/mol. The molecule has 0 amide bonds. The minimum atomic E-state index is 0.635. The first kappa shape index (κ1) is 13.2. The molecule has 16 heavy (non-hydrogen) atoms. The Kier molecular flexibility index (Phi) is 5.49. The van der Waals surface area contributed by atoms with E-state index in [9.17, 15) is 0 Å². The van der Waals surface area contributed by atoms with Gasteiger partial charge in [-0.2, -0.15) is 0 Å². The lowest BCUT2D eigenvalue weighted by atomic mass is 10.1. The van der Waals surface area contributed by atoms with Crippen molar-refractivity contribution in [2.24, 2.45) is 5.73 Å². The Morgan fingerprint density at radius 3 is 2.62 bits per heavy atom. The van der Waals surface area contributed by atoms with Crippen molar-refractivity contribution in [2.45, 2.75) is 18.2 Å². The van der Waals surface area contributed by atoms with Gasteiger partial charge in [0.25, 0.3) is 0 Å². The second kappa shape index (κ2) is 6.66. The maximum Gasteiger partial charge on any atom is 0.174 e. The van der Waals surface area contributed by atoms with Crippen LogP contribution in [0.1, 0.15) is 12.5 Å². The molecule has 0 radical (unpaired) electrons. The molecule has 0 fully saturated rings. The lowest BCUT2D eigenvalue weighted by Crippen LogP contribution is -2.04. The summed E-state index contributed by atoms with van der Waals surface area (Å²) >= 11 is 1.65. The lowest BCUT2D eigenvalue weighted by Gasteiger charge is -2.14. The number of ether oxygens (including phenoxy) is 2. The topological polar surface area (TPSA) is 44.5 Å². The molecule has 0 aliphatic carbocycles. The molecule has 0 heterocycles. The summed E-state index contributed by atoms with van der Waals surface area (Å²) in [5.74, 6) is 1.62. The predicted octanol–water partition coefficient (Wildman–Crippen LogP) is 2.32. The van der Waals surface area contributed by atoms with Crippen LogP contribution in [0.15, 0.2) is 17.0 Å². The minimum absolute atomic E-state index is 0.635. The van der Waals surface area contributed by atoms with Gasteiger partial charge in [-0.15, -0.1) is 11.8 Å². The number of benzene rings is 1. The summed E-state index contributed by atoms with van der Waals surface area (Å²) in [7, 11) is 1.67. The zero-order valence-corrected chi connectivity index (χ0v) is 10.9. The van der Waals surface area contributed by atoms with Crippen LogP contribution in [0, 0.1) is 0 Å². The smallest absolute Gasteiger partial charge is 0.174 e. The predicted molar refractivity (Wildman–Crippen MR) is 68.7 cm³/mol. The van der Waals surface area contributed by atoms with Crippen LogP contribution < -0.4 is 15.2 Å². The number of rotatable bonds is 6. The third-order valence-electron chi connectivity index (χ3n) is 2.24. The summed E-state index contributed by atoms with van der Waals surface area (Å²) in [5.41, 5.74) is 6.76. The highest BCUT2D eigenvalue weighted by Crippen LogP contribution is 2.38. The number of hydrogen-bond donors (Lipinski definition) is 1. The average molecular weight is 241 g/mol. The molecule has 2 N–H and O–H groups in total. The Labute approximate surface area is 101 Å². The molecule has 4 heteroatoms. The highest BCUT2D eigenvalue weighted by Gasteiger charge is 2.11. The van der Waals surface area contributed by atoms with Crippen molar-refractivity contribution in [1.82, 2.24) is 0 Å². The van der Waals surface area contributed by atoms with Gasteiger partial charge in [-0.05, 0) is 43.8 Å². The molecule has 0 spiro atoms. The van der Waals surface area contributed by atoms with E-state index in [4.69, 9.17) is 15.2 Å². The van der Waals surface area contributed by atoms with Crippen LogP contribution in [0.5, 0.6) is 11.5 Å². The SMILES string of the molecule is CCOc1cc(CCN)cc(SC)c1OC. The first-order valence-corrected chi connectivity index (χ1v) is 6.57. The zero-order valence-electron chi connectivity index (χ0n) is 10.1. The second-order valence-electron chi connectivity index (χ2n) is 3.30. The Hall–Kier alpha value is -0.870. The Morgan fingerprint density at radius 1 is 1.38 bits per heavy atom. The van der Waals surface area contributed by atoms with Crippen molar-refractivity contribution >= 4 is 11.8 Å². The Morgan fingerprint density at radius 2 is 2.12 bits per heavy atom. The Balaban J connectivity index is 3.14. The van der Waals surface area contributed by atoms with Crippen molar-refractivity contribution in [1.29, 1.82) is 0 Å². The fraction of sp³-hybridized carbons (Fsp3) is 0.500. The molecule has 1 rings (SSSR count). The van der Waals surface area contributed by atoms with E-state index in [1.807, 2.05) is 19.2 Å². The number of thioether (sulfide) groups is 1. The average Bonchev–Trinajstić information content (AvgIpc) is 2.29. The third kappa shape index (κ3) is 3.06. The number of hydrogen-bond acceptors (Lipinski definition) is 4. The van der Waals surface area contributed by atoms with Crippen LogP contribution in [0.25, 0.3) is 0 Å². The van der Waals surface area contributed by atoms with Gasteiger partial charge in [0, 0.05) is 0 Å². The highest BCUT2D eigenvalue weighted by atomic mass is 32.2. The summed E-state index contributed by atoms with van der Waals surface area (Å²) in [4.78, 5) is 1.09. The molecule has 0 bridgehead atoms. The lowest BCUT2D eigenvalue weighted by molar-refractivity contribution is 0.306. The Bertz CT molecular complexity index is 342. The molecule has 1 aromatic carbocycles. The molecule has 90 valence electrons. The zero-order chi connectivity index (χ0) is 12.0. The van der Waals surface area contributed by atoms with Gasteiger partial charge >= 0.3 is 0 Å². The maximum absolute atomic E-state index is 5.58. The van der Waals surface area contributed by atoms with E-state index >= 15 is 0 Å². The van der Waals surface area contributed by atoms with E-state index in [1.54, 1.807) is 18.9 Å². The number of nitrogens with two attached hydrogens (primary N) is 1. The second-order valence-corrected chi connectivity index (χ2v) is 4.15. The van der Waals surface area contributed by atoms with E-state index in [-0.39, 0.29) is 0 Å². The van der Waals surface area contributed by atoms with Gasteiger partial charge < -0.3 is 15.2 Å². The van der Waals surface area contributed by atoms with Gasteiger partial charge in [-0.1, -0.05) is 0 Å². The molecule has 0 saturated heterocycles.